The maximum absolute atomic E-state index is 6.26. The molecule has 0 N–H and O–H groups in total. The Morgan fingerprint density at radius 3 is 1.46 bits per heavy atom. The lowest BCUT2D eigenvalue weighted by molar-refractivity contribution is 0.669. The smallest absolute Gasteiger partial charge is 0.136 e. The molecule has 63 heavy (non-hydrogen) atoms. The molecule has 0 bridgehead atoms. The molecule has 2 heteroatoms. The van der Waals surface area contributed by atoms with E-state index >= 15 is 0 Å². The fraction of sp³-hybridized carbons (Fsp3) is 0.0164. The zero-order chi connectivity index (χ0) is 41.7. The monoisotopic (exact) mass is 803 g/mol. The molecule has 0 fully saturated rings. The minimum atomic E-state index is -0.503. The van der Waals surface area contributed by atoms with E-state index in [0.717, 1.165) is 61.3 Å². The minimum Gasteiger partial charge on any atom is -0.456 e. The highest BCUT2D eigenvalue weighted by atomic mass is 16.3. The van der Waals surface area contributed by atoms with Gasteiger partial charge in [0.15, 0.2) is 0 Å². The van der Waals surface area contributed by atoms with Crippen molar-refractivity contribution in [3.63, 3.8) is 0 Å². The summed E-state index contributed by atoms with van der Waals surface area (Å²) in [5.41, 5.74) is 19.2. The Morgan fingerprint density at radius 1 is 0.286 bits per heavy atom. The average molecular weight is 804 g/mol. The number of para-hydroxylation sites is 1. The Labute approximate surface area is 367 Å². The number of anilines is 3. The van der Waals surface area contributed by atoms with Crippen LogP contribution in [-0.2, 0) is 5.41 Å². The van der Waals surface area contributed by atoms with Gasteiger partial charge in [0.05, 0.1) is 5.41 Å². The molecule has 0 spiro atoms. The second kappa shape index (κ2) is 15.1. The van der Waals surface area contributed by atoms with Crippen LogP contribution in [0.3, 0.4) is 0 Å². The van der Waals surface area contributed by atoms with Gasteiger partial charge in [-0.05, 0) is 127 Å². The molecule has 0 saturated carbocycles. The largest absolute Gasteiger partial charge is 0.456 e. The molecule has 0 unspecified atom stereocenters. The van der Waals surface area contributed by atoms with Gasteiger partial charge in [-0.25, -0.2) is 0 Å². The highest BCUT2D eigenvalue weighted by Gasteiger charge is 2.46. The number of furan rings is 1. The van der Waals surface area contributed by atoms with E-state index in [4.69, 9.17) is 4.42 Å². The van der Waals surface area contributed by atoms with E-state index in [1.165, 1.54) is 44.5 Å². The number of hydrogen-bond donors (Lipinski definition) is 0. The molecule has 0 atom stereocenters. The van der Waals surface area contributed by atoms with Crippen molar-refractivity contribution in [3.05, 3.63) is 271 Å². The molecule has 296 valence electrons. The van der Waals surface area contributed by atoms with E-state index in [1.807, 2.05) is 12.1 Å². The molecule has 11 aromatic rings. The molecule has 0 amide bonds. The average Bonchev–Trinajstić information content (AvgIpc) is 3.88. The van der Waals surface area contributed by atoms with Crippen LogP contribution in [0, 0.1) is 0 Å². The lowest BCUT2D eigenvalue weighted by atomic mass is 9.67. The molecular formula is C61H41NO. The molecule has 2 nitrogen and oxygen atoms in total. The predicted molar refractivity (Wildman–Crippen MR) is 262 cm³/mol. The fourth-order valence-electron chi connectivity index (χ4n) is 10.0. The van der Waals surface area contributed by atoms with Crippen LogP contribution in [0.25, 0.3) is 66.4 Å². The molecule has 1 heterocycles. The third kappa shape index (κ3) is 6.10. The van der Waals surface area contributed by atoms with Gasteiger partial charge in [0.1, 0.15) is 11.2 Å². The Hall–Kier alpha value is -8.20. The van der Waals surface area contributed by atoms with Gasteiger partial charge in [0.2, 0.25) is 0 Å². The second-order valence-corrected chi connectivity index (χ2v) is 16.4. The molecule has 10 aromatic carbocycles. The number of hydrogen-bond acceptors (Lipinski definition) is 2. The summed E-state index contributed by atoms with van der Waals surface area (Å²) in [4.78, 5) is 2.40. The van der Waals surface area contributed by atoms with Crippen molar-refractivity contribution in [2.24, 2.45) is 0 Å². The molecule has 1 aliphatic rings. The maximum atomic E-state index is 6.26. The normalized spacial score (nSPS) is 12.6. The zero-order valence-corrected chi connectivity index (χ0v) is 34.5. The number of benzene rings is 10. The van der Waals surface area contributed by atoms with Crippen molar-refractivity contribution in [1.82, 2.24) is 0 Å². The third-order valence-electron chi connectivity index (χ3n) is 13.0. The van der Waals surface area contributed by atoms with Crippen LogP contribution < -0.4 is 4.90 Å². The first-order valence-electron chi connectivity index (χ1n) is 21.7. The van der Waals surface area contributed by atoms with Crippen molar-refractivity contribution in [3.8, 4) is 44.5 Å². The summed E-state index contributed by atoms with van der Waals surface area (Å²) in [6, 6.07) is 90.3. The summed E-state index contributed by atoms with van der Waals surface area (Å²) < 4.78 is 6.26. The van der Waals surface area contributed by atoms with Crippen LogP contribution in [0.15, 0.2) is 253 Å². The van der Waals surface area contributed by atoms with Crippen molar-refractivity contribution in [2.45, 2.75) is 5.41 Å². The first-order chi connectivity index (χ1) is 31.2. The summed E-state index contributed by atoms with van der Waals surface area (Å²) in [5, 5.41) is 2.28. The lowest BCUT2D eigenvalue weighted by Crippen LogP contribution is -2.28. The SMILES string of the molecule is c1ccc(-c2ccc(N(c3ccc(-c4cccc(-c5ccc6c(c5)oc5ccccc56)c4)cc3)c3ccc4c(c3)C(c3ccccc3)(c3ccccc3)c3ccccc3-4)cc2)cc1. The van der Waals surface area contributed by atoms with Crippen molar-refractivity contribution >= 4 is 39.0 Å². The highest BCUT2D eigenvalue weighted by Crippen LogP contribution is 2.57. The molecule has 1 aliphatic carbocycles. The summed E-state index contributed by atoms with van der Waals surface area (Å²) >= 11 is 0. The minimum absolute atomic E-state index is 0.503. The topological polar surface area (TPSA) is 16.4 Å². The zero-order valence-electron chi connectivity index (χ0n) is 34.5. The van der Waals surface area contributed by atoms with Crippen molar-refractivity contribution in [2.75, 3.05) is 4.90 Å². The second-order valence-electron chi connectivity index (χ2n) is 16.4. The molecule has 0 saturated heterocycles. The van der Waals surface area contributed by atoms with Gasteiger partial charge >= 0.3 is 0 Å². The van der Waals surface area contributed by atoms with Gasteiger partial charge in [-0.15, -0.1) is 0 Å². The van der Waals surface area contributed by atoms with Crippen LogP contribution in [0.4, 0.5) is 17.1 Å². The Bertz CT molecular complexity index is 3380. The molecule has 12 rings (SSSR count). The maximum Gasteiger partial charge on any atom is 0.136 e. The Balaban J connectivity index is 0.980. The Kier molecular flexibility index (Phi) is 8.76. The summed E-state index contributed by atoms with van der Waals surface area (Å²) in [5.74, 6) is 0. The van der Waals surface area contributed by atoms with Crippen LogP contribution >= 0.6 is 0 Å². The summed E-state index contributed by atoms with van der Waals surface area (Å²) in [6.07, 6.45) is 0. The molecule has 0 radical (unpaired) electrons. The van der Waals surface area contributed by atoms with Gasteiger partial charge in [0.25, 0.3) is 0 Å². The Morgan fingerprint density at radius 2 is 0.762 bits per heavy atom. The fourth-order valence-corrected chi connectivity index (χ4v) is 10.0. The predicted octanol–water partition coefficient (Wildman–Crippen LogP) is 16.4. The van der Waals surface area contributed by atoms with Crippen LogP contribution in [0.5, 0.6) is 0 Å². The molecule has 1 aromatic heterocycles. The van der Waals surface area contributed by atoms with E-state index in [9.17, 15) is 0 Å². The van der Waals surface area contributed by atoms with E-state index in [1.54, 1.807) is 0 Å². The standard InChI is InChI=1S/C61H41NO/c1-4-15-42(16-5-1)43-27-32-50(33-28-43)62(51-34-29-44(30-35-51)45-17-14-18-46(39-45)47-31-37-56-55-24-11-13-26-59(55)63-60(56)40-47)52-36-38-54-53-23-10-12-25-57(53)61(58(54)41-52,48-19-6-2-7-20-48)49-21-8-3-9-22-49/h1-41H. The van der Waals surface area contributed by atoms with E-state index in [-0.39, 0.29) is 0 Å². The van der Waals surface area contributed by atoms with Crippen molar-refractivity contribution in [1.29, 1.82) is 0 Å². The number of fused-ring (bicyclic) bond motifs is 6. The quantitative estimate of drug-likeness (QED) is 0.152. The molecular weight excluding hydrogens is 763 g/mol. The van der Waals surface area contributed by atoms with Gasteiger partial charge in [0, 0.05) is 27.8 Å². The van der Waals surface area contributed by atoms with Gasteiger partial charge in [-0.3, -0.25) is 0 Å². The first-order valence-corrected chi connectivity index (χ1v) is 21.7. The van der Waals surface area contributed by atoms with Crippen LogP contribution in [-0.4, -0.2) is 0 Å². The van der Waals surface area contributed by atoms with Crippen LogP contribution in [0.2, 0.25) is 0 Å². The summed E-state index contributed by atoms with van der Waals surface area (Å²) in [7, 11) is 0. The highest BCUT2D eigenvalue weighted by molar-refractivity contribution is 6.06. The number of nitrogens with zero attached hydrogens (tertiary/aromatic N) is 1. The van der Waals surface area contributed by atoms with E-state index < -0.39 is 5.41 Å². The summed E-state index contributed by atoms with van der Waals surface area (Å²) in [6.45, 7) is 0. The number of rotatable bonds is 8. The molecule has 0 aliphatic heterocycles. The van der Waals surface area contributed by atoms with E-state index in [2.05, 4.69) is 241 Å². The lowest BCUT2D eigenvalue weighted by Gasteiger charge is -2.35. The van der Waals surface area contributed by atoms with Gasteiger partial charge in [-0.2, -0.15) is 0 Å². The van der Waals surface area contributed by atoms with Gasteiger partial charge < -0.3 is 9.32 Å². The van der Waals surface area contributed by atoms with E-state index in [0.29, 0.717) is 0 Å². The first kappa shape index (κ1) is 36.6. The van der Waals surface area contributed by atoms with Crippen molar-refractivity contribution < 1.29 is 4.42 Å². The van der Waals surface area contributed by atoms with Crippen LogP contribution in [0.1, 0.15) is 22.3 Å². The van der Waals surface area contributed by atoms with Gasteiger partial charge in [-0.1, -0.05) is 188 Å². The third-order valence-corrected chi connectivity index (χ3v) is 13.0.